The maximum Gasteiger partial charge on any atom is 0.0160 e. The van der Waals surface area contributed by atoms with Gasteiger partial charge in [-0.3, -0.25) is 0 Å². The third-order valence-corrected chi connectivity index (χ3v) is 4.92. The maximum absolute atomic E-state index is 2.29. The van der Waals surface area contributed by atoms with E-state index in [1.165, 1.54) is 57.1 Å². The van der Waals surface area contributed by atoms with Crippen LogP contribution in [0.15, 0.2) is 0 Å². The molecule has 0 amide bonds. The zero-order valence-electron chi connectivity index (χ0n) is 7.27. The summed E-state index contributed by atoms with van der Waals surface area (Å²) in [6.45, 7) is 0. The smallest absolute Gasteiger partial charge is 0.0160 e. The van der Waals surface area contributed by atoms with Crippen LogP contribution in [0.5, 0.6) is 0 Å². The van der Waals surface area contributed by atoms with Crippen LogP contribution < -0.4 is 0 Å². The summed E-state index contributed by atoms with van der Waals surface area (Å²) in [7, 11) is 0. The first-order chi connectivity index (χ1) is 5.41. The second-order valence-electron chi connectivity index (χ2n) is 4.05. The minimum atomic E-state index is 0.774. The van der Waals surface area contributed by atoms with Crippen molar-refractivity contribution < 1.29 is 0 Å². The van der Waals surface area contributed by atoms with E-state index in [9.17, 15) is 0 Å². The number of hydrogen-bond donors (Lipinski definition) is 0. The molecule has 2 fully saturated rings. The van der Waals surface area contributed by atoms with E-state index in [-0.39, 0.29) is 0 Å². The molecule has 1 heteroatoms. The van der Waals surface area contributed by atoms with E-state index in [2.05, 4.69) is 11.8 Å². The van der Waals surface area contributed by atoms with Gasteiger partial charge in [-0.25, -0.2) is 0 Å². The molecule has 0 aromatic heterocycles. The molecule has 0 N–H and O–H groups in total. The molecule has 0 aromatic carbocycles. The molecule has 0 radical (unpaired) electrons. The quantitative estimate of drug-likeness (QED) is 0.535. The Hall–Kier alpha value is 0.350. The monoisotopic (exact) mass is 170 g/mol. The molecular formula is C10H18S. The lowest BCUT2D eigenvalue weighted by Crippen LogP contribution is -2.18. The fourth-order valence-electron chi connectivity index (χ4n) is 2.50. The standard InChI is InChI=1S/C10H18S/c1-2-6-10(11-9-5-1)7-3-4-8-10/h1-9H2. The van der Waals surface area contributed by atoms with Crippen LogP contribution >= 0.6 is 11.8 Å². The maximum atomic E-state index is 2.29. The highest BCUT2D eigenvalue weighted by atomic mass is 32.2. The van der Waals surface area contributed by atoms with Crippen LogP contribution in [0.3, 0.4) is 0 Å². The fourth-order valence-corrected chi connectivity index (χ4v) is 4.15. The highest BCUT2D eigenvalue weighted by molar-refractivity contribution is 8.00. The Bertz CT molecular complexity index is 115. The van der Waals surface area contributed by atoms with E-state index in [0.717, 1.165) is 4.75 Å². The second-order valence-corrected chi connectivity index (χ2v) is 5.61. The van der Waals surface area contributed by atoms with Gasteiger partial charge in [0.25, 0.3) is 0 Å². The molecule has 1 saturated carbocycles. The minimum Gasteiger partial charge on any atom is -0.155 e. The Morgan fingerprint density at radius 1 is 0.727 bits per heavy atom. The molecule has 2 aliphatic rings. The van der Waals surface area contributed by atoms with Crippen molar-refractivity contribution in [3.05, 3.63) is 0 Å². The first-order valence-corrected chi connectivity index (χ1v) is 6.04. The summed E-state index contributed by atoms with van der Waals surface area (Å²) in [6, 6.07) is 0. The highest BCUT2D eigenvalue weighted by Crippen LogP contribution is 2.47. The van der Waals surface area contributed by atoms with E-state index in [0.29, 0.717) is 0 Å². The average Bonchev–Trinajstić information content (AvgIpc) is 2.32. The van der Waals surface area contributed by atoms with Gasteiger partial charge in [0.15, 0.2) is 0 Å². The Balaban J connectivity index is 1.97. The van der Waals surface area contributed by atoms with E-state index in [1.807, 2.05) is 0 Å². The highest BCUT2D eigenvalue weighted by Gasteiger charge is 2.34. The predicted molar refractivity (Wildman–Crippen MR) is 52.1 cm³/mol. The van der Waals surface area contributed by atoms with E-state index < -0.39 is 0 Å². The normalized spacial score (nSPS) is 30.5. The van der Waals surface area contributed by atoms with E-state index >= 15 is 0 Å². The van der Waals surface area contributed by atoms with Crippen LogP contribution in [0.1, 0.15) is 51.4 Å². The molecule has 0 aromatic rings. The molecule has 1 spiro atoms. The van der Waals surface area contributed by atoms with Crippen molar-refractivity contribution in [1.82, 2.24) is 0 Å². The summed E-state index contributed by atoms with van der Waals surface area (Å²) in [4.78, 5) is 0. The molecular weight excluding hydrogens is 152 g/mol. The Kier molecular flexibility index (Phi) is 2.45. The number of thioether (sulfide) groups is 1. The van der Waals surface area contributed by atoms with Gasteiger partial charge in [0.05, 0.1) is 0 Å². The van der Waals surface area contributed by atoms with Crippen molar-refractivity contribution in [1.29, 1.82) is 0 Å². The van der Waals surface area contributed by atoms with Gasteiger partial charge < -0.3 is 0 Å². The number of rotatable bonds is 0. The van der Waals surface area contributed by atoms with Crippen molar-refractivity contribution in [3.63, 3.8) is 0 Å². The Labute approximate surface area is 74.1 Å². The molecule has 1 heterocycles. The summed E-state index contributed by atoms with van der Waals surface area (Å²) in [5.41, 5.74) is 0. The SMILES string of the molecule is C1CCSC2(CC1)CCCC2. The van der Waals surface area contributed by atoms with Gasteiger partial charge in [-0.1, -0.05) is 25.7 Å². The molecule has 2 rings (SSSR count). The van der Waals surface area contributed by atoms with Crippen LogP contribution in [0.2, 0.25) is 0 Å². The zero-order chi connectivity index (χ0) is 7.57. The predicted octanol–water partition coefficient (Wildman–Crippen LogP) is 3.61. The van der Waals surface area contributed by atoms with Crippen molar-refractivity contribution in [2.24, 2.45) is 0 Å². The van der Waals surface area contributed by atoms with Crippen LogP contribution in [0.4, 0.5) is 0 Å². The summed E-state index contributed by atoms with van der Waals surface area (Å²) in [5, 5.41) is 0. The molecule has 64 valence electrons. The van der Waals surface area contributed by atoms with Gasteiger partial charge in [0, 0.05) is 4.75 Å². The van der Waals surface area contributed by atoms with Crippen molar-refractivity contribution in [2.75, 3.05) is 5.75 Å². The minimum absolute atomic E-state index is 0.774. The van der Waals surface area contributed by atoms with E-state index in [1.54, 1.807) is 0 Å². The molecule has 11 heavy (non-hydrogen) atoms. The van der Waals surface area contributed by atoms with Crippen LogP contribution in [0, 0.1) is 0 Å². The summed E-state index contributed by atoms with van der Waals surface area (Å²) < 4.78 is 0.774. The topological polar surface area (TPSA) is 0 Å². The van der Waals surface area contributed by atoms with Crippen molar-refractivity contribution >= 4 is 11.8 Å². The van der Waals surface area contributed by atoms with Gasteiger partial charge in [-0.05, 0) is 31.4 Å². The third kappa shape index (κ3) is 1.74. The average molecular weight is 170 g/mol. The van der Waals surface area contributed by atoms with Gasteiger partial charge in [-0.15, -0.1) is 0 Å². The molecule has 0 atom stereocenters. The summed E-state index contributed by atoms with van der Waals surface area (Å²) >= 11 is 2.29. The molecule has 0 nitrogen and oxygen atoms in total. The molecule has 1 aliphatic carbocycles. The number of hydrogen-bond acceptors (Lipinski definition) is 1. The van der Waals surface area contributed by atoms with Crippen LogP contribution in [-0.4, -0.2) is 10.5 Å². The van der Waals surface area contributed by atoms with Crippen LogP contribution in [0.25, 0.3) is 0 Å². The van der Waals surface area contributed by atoms with E-state index in [4.69, 9.17) is 0 Å². The largest absolute Gasteiger partial charge is 0.155 e. The van der Waals surface area contributed by atoms with Gasteiger partial charge in [-0.2, -0.15) is 11.8 Å². The lowest BCUT2D eigenvalue weighted by Gasteiger charge is -2.25. The third-order valence-electron chi connectivity index (χ3n) is 3.20. The Morgan fingerprint density at radius 3 is 2.09 bits per heavy atom. The summed E-state index contributed by atoms with van der Waals surface area (Å²) in [6.07, 6.45) is 12.1. The summed E-state index contributed by atoms with van der Waals surface area (Å²) in [5.74, 6) is 1.44. The second kappa shape index (κ2) is 3.38. The molecule has 1 aliphatic heterocycles. The first-order valence-electron chi connectivity index (χ1n) is 5.05. The molecule has 0 bridgehead atoms. The van der Waals surface area contributed by atoms with Crippen molar-refractivity contribution in [2.45, 2.75) is 56.1 Å². The lowest BCUT2D eigenvalue weighted by atomic mass is 9.99. The first kappa shape index (κ1) is 7.97. The lowest BCUT2D eigenvalue weighted by molar-refractivity contribution is 0.530. The van der Waals surface area contributed by atoms with Gasteiger partial charge in [0.1, 0.15) is 0 Å². The van der Waals surface area contributed by atoms with Gasteiger partial charge in [0.2, 0.25) is 0 Å². The molecule has 1 saturated heterocycles. The fraction of sp³-hybridized carbons (Fsp3) is 1.00. The van der Waals surface area contributed by atoms with Crippen LogP contribution in [-0.2, 0) is 0 Å². The Morgan fingerprint density at radius 2 is 1.36 bits per heavy atom. The zero-order valence-corrected chi connectivity index (χ0v) is 8.09. The van der Waals surface area contributed by atoms with Crippen molar-refractivity contribution in [3.8, 4) is 0 Å². The van der Waals surface area contributed by atoms with Gasteiger partial charge >= 0.3 is 0 Å². The molecule has 0 unspecified atom stereocenters.